The number of nitrogens with two attached hydrogens (primary N) is 1. The van der Waals surface area contributed by atoms with E-state index < -0.39 is 0 Å². The molecule has 0 aromatic heterocycles. The third kappa shape index (κ3) is 2.91. The van der Waals surface area contributed by atoms with Crippen molar-refractivity contribution < 1.29 is 13.9 Å². The van der Waals surface area contributed by atoms with Crippen LogP contribution in [0.3, 0.4) is 0 Å². The molecule has 98 valence electrons. The highest BCUT2D eigenvalue weighted by Gasteiger charge is 2.08. The van der Waals surface area contributed by atoms with Crippen LogP contribution in [-0.2, 0) is 0 Å². The van der Waals surface area contributed by atoms with Crippen molar-refractivity contribution >= 4 is 11.5 Å². The minimum Gasteiger partial charge on any atom is -0.457 e. The van der Waals surface area contributed by atoms with E-state index in [2.05, 4.69) is 0 Å². The van der Waals surface area contributed by atoms with E-state index in [1.165, 1.54) is 19.1 Å². The molecule has 0 unspecified atom stereocenters. The number of carbonyl (C=O) groups excluding carboxylic acids is 1. The molecule has 2 rings (SSSR count). The van der Waals surface area contributed by atoms with Gasteiger partial charge < -0.3 is 10.5 Å². The summed E-state index contributed by atoms with van der Waals surface area (Å²) in [5, 5.41) is 0. The number of Topliss-reactive ketones (excluding diaryl/α,β-unsaturated/α-hetero) is 1. The summed E-state index contributed by atoms with van der Waals surface area (Å²) in [6.45, 7) is 3.27. The van der Waals surface area contributed by atoms with Gasteiger partial charge in [-0.3, -0.25) is 4.79 Å². The second-order valence-electron chi connectivity index (χ2n) is 4.32. The van der Waals surface area contributed by atoms with E-state index in [9.17, 15) is 9.18 Å². The first-order chi connectivity index (χ1) is 8.97. The fourth-order valence-corrected chi connectivity index (χ4v) is 1.74. The van der Waals surface area contributed by atoms with Gasteiger partial charge in [0, 0.05) is 23.4 Å². The molecule has 19 heavy (non-hydrogen) atoms. The van der Waals surface area contributed by atoms with Crippen LogP contribution in [0.1, 0.15) is 22.8 Å². The fourth-order valence-electron chi connectivity index (χ4n) is 1.74. The van der Waals surface area contributed by atoms with Crippen molar-refractivity contribution in [3.8, 4) is 11.5 Å². The van der Waals surface area contributed by atoms with Crippen LogP contribution < -0.4 is 10.5 Å². The molecule has 0 amide bonds. The van der Waals surface area contributed by atoms with Crippen LogP contribution in [0.25, 0.3) is 0 Å². The molecular weight excluding hydrogens is 245 g/mol. The zero-order chi connectivity index (χ0) is 14.0. The molecular formula is C15H14FNO2. The first kappa shape index (κ1) is 13.1. The Labute approximate surface area is 110 Å². The summed E-state index contributed by atoms with van der Waals surface area (Å²) in [4.78, 5) is 11.3. The van der Waals surface area contributed by atoms with E-state index in [0.717, 1.165) is 5.56 Å². The number of rotatable bonds is 3. The summed E-state index contributed by atoms with van der Waals surface area (Å²) >= 11 is 0. The average Bonchev–Trinajstić information content (AvgIpc) is 2.33. The molecule has 0 saturated heterocycles. The molecule has 4 heteroatoms. The Balaban J connectivity index is 2.31. The molecule has 0 saturated carbocycles. The Kier molecular flexibility index (Phi) is 3.51. The van der Waals surface area contributed by atoms with Gasteiger partial charge >= 0.3 is 0 Å². The van der Waals surface area contributed by atoms with E-state index in [-0.39, 0.29) is 11.6 Å². The zero-order valence-corrected chi connectivity index (χ0v) is 10.7. The molecule has 0 spiro atoms. The molecule has 0 bridgehead atoms. The number of benzene rings is 2. The molecule has 0 heterocycles. The number of nitrogen functional groups attached to an aromatic ring is 1. The maximum atomic E-state index is 13.1. The Morgan fingerprint density at radius 2 is 1.95 bits per heavy atom. The number of ether oxygens (including phenoxy) is 1. The van der Waals surface area contributed by atoms with Crippen LogP contribution in [-0.4, -0.2) is 5.78 Å². The van der Waals surface area contributed by atoms with Gasteiger partial charge in [0.15, 0.2) is 5.78 Å². The highest BCUT2D eigenvalue weighted by atomic mass is 19.1. The molecule has 0 aliphatic carbocycles. The monoisotopic (exact) mass is 259 g/mol. The smallest absolute Gasteiger partial charge is 0.161 e. The highest BCUT2D eigenvalue weighted by Crippen LogP contribution is 2.28. The van der Waals surface area contributed by atoms with E-state index in [4.69, 9.17) is 10.5 Å². The molecule has 0 atom stereocenters. The lowest BCUT2D eigenvalue weighted by Crippen LogP contribution is -1.99. The SMILES string of the molecule is CC(=O)c1ccc(Oc2cc(F)ccc2C)cc1N. The van der Waals surface area contributed by atoms with Crippen LogP contribution in [0.5, 0.6) is 11.5 Å². The summed E-state index contributed by atoms with van der Waals surface area (Å²) in [6.07, 6.45) is 0. The number of ketones is 1. The summed E-state index contributed by atoms with van der Waals surface area (Å²) < 4.78 is 18.7. The normalized spacial score (nSPS) is 10.3. The fraction of sp³-hybridized carbons (Fsp3) is 0.133. The van der Waals surface area contributed by atoms with Crippen LogP contribution in [0.4, 0.5) is 10.1 Å². The lowest BCUT2D eigenvalue weighted by molar-refractivity contribution is 0.101. The second kappa shape index (κ2) is 5.10. The summed E-state index contributed by atoms with van der Waals surface area (Å²) in [6, 6.07) is 9.11. The Morgan fingerprint density at radius 1 is 1.21 bits per heavy atom. The lowest BCUT2D eigenvalue weighted by Gasteiger charge is -2.10. The summed E-state index contributed by atoms with van der Waals surface area (Å²) in [7, 11) is 0. The quantitative estimate of drug-likeness (QED) is 0.675. The number of anilines is 1. The van der Waals surface area contributed by atoms with Crippen molar-refractivity contribution in [1.82, 2.24) is 0 Å². The maximum absolute atomic E-state index is 13.1. The van der Waals surface area contributed by atoms with Gasteiger partial charge in [-0.05, 0) is 37.6 Å². The summed E-state index contributed by atoms with van der Waals surface area (Å²) in [5.41, 5.74) is 7.38. The topological polar surface area (TPSA) is 52.3 Å². The maximum Gasteiger partial charge on any atom is 0.161 e. The minimum absolute atomic E-state index is 0.106. The van der Waals surface area contributed by atoms with Crippen LogP contribution in [0.2, 0.25) is 0 Å². The van der Waals surface area contributed by atoms with Crippen molar-refractivity contribution in [2.24, 2.45) is 0 Å². The van der Waals surface area contributed by atoms with Gasteiger partial charge in [0.2, 0.25) is 0 Å². The van der Waals surface area contributed by atoms with Crippen molar-refractivity contribution in [1.29, 1.82) is 0 Å². The van der Waals surface area contributed by atoms with Gasteiger partial charge in [0.25, 0.3) is 0 Å². The van der Waals surface area contributed by atoms with Gasteiger partial charge in [-0.2, -0.15) is 0 Å². The predicted octanol–water partition coefficient (Wildman–Crippen LogP) is 3.71. The predicted molar refractivity (Wildman–Crippen MR) is 72.1 cm³/mol. The number of halogens is 1. The van der Waals surface area contributed by atoms with Gasteiger partial charge in [-0.15, -0.1) is 0 Å². The van der Waals surface area contributed by atoms with Crippen molar-refractivity contribution in [2.45, 2.75) is 13.8 Å². The van der Waals surface area contributed by atoms with Crippen molar-refractivity contribution in [3.05, 3.63) is 53.3 Å². The molecule has 3 nitrogen and oxygen atoms in total. The standard InChI is InChI=1S/C15H14FNO2/c1-9-3-4-11(16)7-15(9)19-12-5-6-13(10(2)18)14(17)8-12/h3-8H,17H2,1-2H3. The van der Waals surface area contributed by atoms with Gasteiger partial charge in [0.05, 0.1) is 0 Å². The molecule has 0 fully saturated rings. The largest absolute Gasteiger partial charge is 0.457 e. The molecule has 2 aromatic carbocycles. The van der Waals surface area contributed by atoms with E-state index in [1.54, 1.807) is 24.3 Å². The molecule has 0 radical (unpaired) electrons. The first-order valence-corrected chi connectivity index (χ1v) is 5.82. The van der Waals surface area contributed by atoms with Crippen LogP contribution >= 0.6 is 0 Å². The van der Waals surface area contributed by atoms with E-state index in [1.807, 2.05) is 6.92 Å². The average molecular weight is 259 g/mol. The summed E-state index contributed by atoms with van der Waals surface area (Å²) in [5.74, 6) is 0.422. The number of hydrogen-bond donors (Lipinski definition) is 1. The second-order valence-corrected chi connectivity index (χ2v) is 4.32. The van der Waals surface area contributed by atoms with Gasteiger partial charge in [0.1, 0.15) is 17.3 Å². The first-order valence-electron chi connectivity index (χ1n) is 5.82. The van der Waals surface area contributed by atoms with Crippen molar-refractivity contribution in [3.63, 3.8) is 0 Å². The Hall–Kier alpha value is -2.36. The lowest BCUT2D eigenvalue weighted by atomic mass is 10.1. The van der Waals surface area contributed by atoms with E-state index >= 15 is 0 Å². The zero-order valence-electron chi connectivity index (χ0n) is 10.7. The van der Waals surface area contributed by atoms with Crippen molar-refractivity contribution in [2.75, 3.05) is 5.73 Å². The van der Waals surface area contributed by atoms with Crippen LogP contribution in [0.15, 0.2) is 36.4 Å². The highest BCUT2D eigenvalue weighted by molar-refractivity contribution is 5.99. The molecule has 0 aliphatic heterocycles. The number of aryl methyl sites for hydroxylation is 1. The van der Waals surface area contributed by atoms with E-state index in [0.29, 0.717) is 22.7 Å². The van der Waals surface area contributed by atoms with Gasteiger partial charge in [-0.25, -0.2) is 4.39 Å². The number of carbonyl (C=O) groups is 1. The molecule has 0 aliphatic rings. The third-order valence-electron chi connectivity index (χ3n) is 2.78. The Morgan fingerprint density at radius 3 is 2.58 bits per heavy atom. The minimum atomic E-state index is -0.367. The van der Waals surface area contributed by atoms with Crippen LogP contribution in [0, 0.1) is 12.7 Å². The Bertz CT molecular complexity index is 638. The number of hydrogen-bond acceptors (Lipinski definition) is 3. The van der Waals surface area contributed by atoms with Gasteiger partial charge in [-0.1, -0.05) is 6.07 Å². The third-order valence-corrected chi connectivity index (χ3v) is 2.78. The molecule has 2 aromatic rings. The molecule has 2 N–H and O–H groups in total.